The number of fused-ring (bicyclic) bond motifs is 1. The van der Waals surface area contributed by atoms with E-state index in [2.05, 4.69) is 20.4 Å². The maximum absolute atomic E-state index is 15.4. The van der Waals surface area contributed by atoms with Crippen molar-refractivity contribution in [2.24, 2.45) is 21.5 Å². The van der Waals surface area contributed by atoms with E-state index in [1.807, 2.05) is 0 Å². The number of alkyl halides is 1. The van der Waals surface area contributed by atoms with Gasteiger partial charge in [-0.25, -0.2) is 13.9 Å². The predicted molar refractivity (Wildman–Crippen MR) is 147 cm³/mol. The molecule has 7 N–H and O–H groups in total. The van der Waals surface area contributed by atoms with Crippen molar-refractivity contribution in [2.45, 2.75) is 87.6 Å². The van der Waals surface area contributed by atoms with Crippen molar-refractivity contribution in [1.29, 1.82) is 0 Å². The number of nitrogens with two attached hydrogens (primary N) is 2. The third-order valence-electron chi connectivity index (χ3n) is 7.42. The Balaban J connectivity index is 1.29. The summed E-state index contributed by atoms with van der Waals surface area (Å²) < 4.78 is 51.8. The molecule has 2 fully saturated rings. The van der Waals surface area contributed by atoms with Crippen LogP contribution in [-0.4, -0.2) is 89.4 Å². The van der Waals surface area contributed by atoms with E-state index < -0.39 is 68.7 Å². The molecule has 1 saturated carbocycles. The van der Waals surface area contributed by atoms with Crippen LogP contribution in [0, 0.1) is 0 Å². The van der Waals surface area contributed by atoms with Gasteiger partial charge in [-0.3, -0.25) is 30.2 Å². The van der Waals surface area contributed by atoms with Crippen LogP contribution >= 0.6 is 7.75 Å². The summed E-state index contributed by atoms with van der Waals surface area (Å²) in [5, 5.41) is 15.6. The molecule has 4 aliphatic rings. The summed E-state index contributed by atoms with van der Waals surface area (Å²) in [7, 11) is -4.41. The average molecular weight is 612 g/mol. The summed E-state index contributed by atoms with van der Waals surface area (Å²) in [5.41, 5.74) is 9.67. The zero-order chi connectivity index (χ0) is 30.1. The van der Waals surface area contributed by atoms with E-state index in [1.54, 1.807) is 18.2 Å². The maximum Gasteiger partial charge on any atom is 0.459 e. The molecule has 1 amide bonds. The van der Waals surface area contributed by atoms with E-state index in [0.717, 1.165) is 38.4 Å². The number of aliphatic imine (C=N–C) groups is 2. The molecule has 3 heterocycles. The van der Waals surface area contributed by atoms with Gasteiger partial charge in [0, 0.05) is 0 Å². The largest absolute Gasteiger partial charge is 0.461 e. The fourth-order valence-corrected chi connectivity index (χ4v) is 6.68. The molecule has 0 radical (unpaired) electrons. The van der Waals surface area contributed by atoms with Gasteiger partial charge in [-0.1, -0.05) is 24.6 Å². The van der Waals surface area contributed by atoms with Gasteiger partial charge in [0.1, 0.15) is 30.6 Å². The topological polar surface area (TPSA) is 212 Å². The second-order valence-corrected chi connectivity index (χ2v) is 12.3. The van der Waals surface area contributed by atoms with Crippen molar-refractivity contribution in [1.82, 2.24) is 15.3 Å². The number of nitrogens with one attached hydrogen (secondary N) is 2. The molecule has 5 rings (SSSR count). The first-order valence-electron chi connectivity index (χ1n) is 13.7. The second-order valence-electron chi connectivity index (χ2n) is 10.6. The van der Waals surface area contributed by atoms with Crippen LogP contribution in [0.1, 0.15) is 39.0 Å². The van der Waals surface area contributed by atoms with Gasteiger partial charge in [0.25, 0.3) is 5.91 Å². The van der Waals surface area contributed by atoms with E-state index in [0.29, 0.717) is 0 Å². The molecule has 17 heteroatoms. The molecule has 1 aliphatic carbocycles. The highest BCUT2D eigenvalue weighted by atomic mass is 31.2. The molecular formula is C25H35FN7O8P. The number of benzene rings is 1. The van der Waals surface area contributed by atoms with E-state index in [1.165, 1.54) is 24.0 Å². The van der Waals surface area contributed by atoms with Crippen molar-refractivity contribution in [3.05, 3.63) is 30.3 Å². The predicted octanol–water partition coefficient (Wildman–Crippen LogP) is 0.238. The Hall–Kier alpha value is -3.14. The van der Waals surface area contributed by atoms with Crippen molar-refractivity contribution < 1.29 is 42.2 Å². The van der Waals surface area contributed by atoms with Crippen LogP contribution in [0.3, 0.4) is 0 Å². The highest BCUT2D eigenvalue weighted by molar-refractivity contribution is 7.52. The zero-order valence-electron chi connectivity index (χ0n) is 22.9. The number of halogens is 1. The molecule has 15 nitrogen and oxygen atoms in total. The van der Waals surface area contributed by atoms with Gasteiger partial charge in [-0.05, 0) is 44.7 Å². The standard InChI is InChI=1S/C25H35FN7O8P/c1-14(23(36)39-15-8-4-2-5-9-15)32-42(37,41-16-10-6-3-7-11-16)38-12-25(28)19(34)17(26)22(40-25)33-13-29-18-20(33)30-24(27)31-21(18)35/h3,6-7,10-11,13-15,17-20,22,34H,2,4-5,8-9,12,28H2,1H3,(H,32,37)(H3,27,30,31,35)/t14?,17-,18?,19+,20?,22-,25-,42?/m1/s1. The lowest BCUT2D eigenvalue weighted by Gasteiger charge is -2.33. The molecule has 8 atom stereocenters. The van der Waals surface area contributed by atoms with E-state index in [9.17, 15) is 19.3 Å². The lowest BCUT2D eigenvalue weighted by Crippen LogP contribution is -2.56. The average Bonchev–Trinajstić information content (AvgIpc) is 3.48. The van der Waals surface area contributed by atoms with Crippen LogP contribution in [-0.2, 0) is 28.2 Å². The first kappa shape index (κ1) is 30.3. The molecule has 42 heavy (non-hydrogen) atoms. The van der Waals surface area contributed by atoms with Crippen molar-refractivity contribution >= 4 is 31.9 Å². The van der Waals surface area contributed by atoms with Crippen LogP contribution in [0.15, 0.2) is 40.3 Å². The number of guanidine groups is 1. The van der Waals surface area contributed by atoms with E-state index >= 15 is 4.39 Å². The monoisotopic (exact) mass is 611 g/mol. The summed E-state index contributed by atoms with van der Waals surface area (Å²) >= 11 is 0. The van der Waals surface area contributed by atoms with E-state index in [-0.39, 0.29) is 17.8 Å². The summed E-state index contributed by atoms with van der Waals surface area (Å²) in [6, 6.07) is 5.90. The number of rotatable bonds is 10. The van der Waals surface area contributed by atoms with E-state index in [4.69, 9.17) is 30.0 Å². The number of aliphatic hydroxyl groups excluding tert-OH is 1. The Morgan fingerprint density at radius 2 is 2.05 bits per heavy atom. The number of esters is 1. The fourth-order valence-electron chi connectivity index (χ4n) is 5.15. The molecular weight excluding hydrogens is 576 g/mol. The minimum atomic E-state index is -4.41. The number of carbonyl (C=O) groups is 2. The molecule has 4 unspecified atom stereocenters. The van der Waals surface area contributed by atoms with Crippen molar-refractivity contribution in [3.8, 4) is 5.75 Å². The molecule has 1 saturated heterocycles. The van der Waals surface area contributed by atoms with Crippen LogP contribution in [0.25, 0.3) is 0 Å². The minimum absolute atomic E-state index is 0.145. The number of hydrogen-bond donors (Lipinski definition) is 5. The van der Waals surface area contributed by atoms with Gasteiger partial charge in [0.15, 0.2) is 36.3 Å². The van der Waals surface area contributed by atoms with Crippen molar-refractivity contribution in [3.63, 3.8) is 0 Å². The number of ether oxygens (including phenoxy) is 2. The number of hydrogen-bond acceptors (Lipinski definition) is 13. The van der Waals surface area contributed by atoms with Gasteiger partial charge in [0.05, 0.1) is 6.34 Å². The minimum Gasteiger partial charge on any atom is -0.461 e. The molecule has 3 aliphatic heterocycles. The smallest absolute Gasteiger partial charge is 0.459 e. The van der Waals surface area contributed by atoms with Crippen LogP contribution in [0.5, 0.6) is 5.75 Å². The van der Waals surface area contributed by atoms with Gasteiger partial charge >= 0.3 is 13.7 Å². The van der Waals surface area contributed by atoms with Gasteiger partial charge in [-0.2, -0.15) is 5.09 Å². The highest BCUT2D eigenvalue weighted by Crippen LogP contribution is 2.47. The summed E-state index contributed by atoms with van der Waals surface area (Å²) in [6.07, 6.45) is -1.24. The first-order chi connectivity index (χ1) is 20.0. The Morgan fingerprint density at radius 1 is 1.33 bits per heavy atom. The van der Waals surface area contributed by atoms with Crippen LogP contribution in [0.2, 0.25) is 0 Å². The van der Waals surface area contributed by atoms with Gasteiger partial charge in [0.2, 0.25) is 0 Å². The molecule has 0 aromatic heterocycles. The van der Waals surface area contributed by atoms with Crippen LogP contribution in [0.4, 0.5) is 4.39 Å². The number of carbonyl (C=O) groups excluding carboxylic acids is 2. The number of para-hydroxylation sites is 1. The lowest BCUT2D eigenvalue weighted by atomic mass is 9.98. The Labute approximate surface area is 241 Å². The highest BCUT2D eigenvalue weighted by Gasteiger charge is 2.58. The van der Waals surface area contributed by atoms with Crippen LogP contribution < -0.4 is 26.4 Å². The zero-order valence-corrected chi connectivity index (χ0v) is 23.8. The lowest BCUT2D eigenvalue weighted by molar-refractivity contribution is -0.152. The third-order valence-corrected chi connectivity index (χ3v) is 9.04. The first-order valence-corrected chi connectivity index (χ1v) is 15.2. The summed E-state index contributed by atoms with van der Waals surface area (Å²) in [5.74, 6) is -1.23. The normalized spacial score (nSPS) is 33.3. The molecule has 0 spiro atoms. The Bertz CT molecular complexity index is 1270. The van der Waals surface area contributed by atoms with Crippen molar-refractivity contribution in [2.75, 3.05) is 6.61 Å². The number of aliphatic hydroxyl groups is 1. The number of amides is 1. The van der Waals surface area contributed by atoms with Gasteiger partial charge < -0.3 is 29.7 Å². The molecule has 1 aromatic carbocycles. The number of nitrogens with zero attached hydrogens (tertiary/aromatic N) is 3. The molecule has 0 bridgehead atoms. The summed E-state index contributed by atoms with van der Waals surface area (Å²) in [4.78, 5) is 34.3. The second kappa shape index (κ2) is 12.2. The molecule has 1 aromatic rings. The Kier molecular flexibility index (Phi) is 8.83. The maximum atomic E-state index is 15.4. The SMILES string of the molecule is CC(NP(=O)(OC[C@@]1(N)O[C@@H](N2C=NC3C(=O)NC(N)=NC32)[C@H](F)[C@@H]1O)Oc1ccccc1)C(=O)OC1CCCCC1. The fraction of sp³-hybridized carbons (Fsp3) is 0.600. The molecule has 230 valence electrons. The Morgan fingerprint density at radius 3 is 2.76 bits per heavy atom. The summed E-state index contributed by atoms with van der Waals surface area (Å²) in [6.45, 7) is 0.621. The third kappa shape index (κ3) is 6.43. The van der Waals surface area contributed by atoms with Gasteiger partial charge in [-0.15, -0.1) is 0 Å². The quantitative estimate of drug-likeness (QED) is 0.178.